The highest BCUT2D eigenvalue weighted by Crippen LogP contribution is 2.58. The smallest absolute Gasteiger partial charge is 0.0714 e. The normalized spacial score (nSPS) is 13.9. The number of nitrogens with zero attached hydrogens (tertiary/aromatic N) is 1. The maximum Gasteiger partial charge on any atom is 0.0714 e. The molecule has 318 valence electrons. The molecule has 13 rings (SSSR count). The molecule has 0 saturated carbocycles. The van der Waals surface area contributed by atoms with Crippen molar-refractivity contribution in [1.29, 1.82) is 0 Å². The van der Waals surface area contributed by atoms with Crippen molar-refractivity contribution in [3.05, 3.63) is 295 Å². The van der Waals surface area contributed by atoms with Crippen LogP contribution in [0.3, 0.4) is 0 Å². The number of hydrogen-bond acceptors (Lipinski definition) is 1. The SMILES string of the molecule is c1ccc(C2(c3ccc4ccccc4c3)c3ccccc3-c3c(-c4ccc(N(c5ccc(-c6cccc7ccccc67)cc5)c5ccc(-c6cccc7ccccc67)cc5)cc4)cccc32)cc1. The third kappa shape index (κ3) is 6.39. The molecule has 0 radical (unpaired) electrons. The van der Waals surface area contributed by atoms with Gasteiger partial charge in [-0.1, -0.05) is 231 Å². The van der Waals surface area contributed by atoms with E-state index >= 15 is 0 Å². The molecule has 0 amide bonds. The molecule has 1 nitrogen and oxygen atoms in total. The van der Waals surface area contributed by atoms with Crippen molar-refractivity contribution in [3.8, 4) is 44.5 Å². The van der Waals surface area contributed by atoms with E-state index in [1.54, 1.807) is 0 Å². The molecule has 0 saturated heterocycles. The average molecular weight is 864 g/mol. The summed E-state index contributed by atoms with van der Waals surface area (Å²) in [5, 5.41) is 7.49. The van der Waals surface area contributed by atoms with Gasteiger partial charge in [0.2, 0.25) is 0 Å². The van der Waals surface area contributed by atoms with Crippen LogP contribution >= 0.6 is 0 Å². The predicted octanol–water partition coefficient (Wildman–Crippen LogP) is 18.0. The maximum absolute atomic E-state index is 2.41. The summed E-state index contributed by atoms with van der Waals surface area (Å²) in [6, 6.07) is 101. The second-order valence-electron chi connectivity index (χ2n) is 18.0. The van der Waals surface area contributed by atoms with Gasteiger partial charge in [0.1, 0.15) is 0 Å². The van der Waals surface area contributed by atoms with Crippen LogP contribution in [0.4, 0.5) is 17.1 Å². The molecule has 0 spiro atoms. The van der Waals surface area contributed by atoms with E-state index in [1.165, 1.54) is 99.1 Å². The summed E-state index contributed by atoms with van der Waals surface area (Å²) in [4.78, 5) is 2.38. The molecule has 0 N–H and O–H groups in total. The monoisotopic (exact) mass is 863 g/mol. The molecule has 1 heteroatoms. The molecule has 1 aliphatic carbocycles. The lowest BCUT2D eigenvalue weighted by molar-refractivity contribution is 0.770. The van der Waals surface area contributed by atoms with Gasteiger partial charge < -0.3 is 4.90 Å². The summed E-state index contributed by atoms with van der Waals surface area (Å²) in [6.45, 7) is 0. The Kier molecular flexibility index (Phi) is 9.47. The number of rotatable bonds is 8. The summed E-state index contributed by atoms with van der Waals surface area (Å²) in [6.07, 6.45) is 0. The largest absolute Gasteiger partial charge is 0.311 e. The minimum absolute atomic E-state index is 0.500. The lowest BCUT2D eigenvalue weighted by Gasteiger charge is -2.34. The first-order chi connectivity index (χ1) is 33.7. The molecule has 68 heavy (non-hydrogen) atoms. The number of fused-ring (bicyclic) bond motifs is 6. The molecule has 0 aromatic heterocycles. The van der Waals surface area contributed by atoms with Gasteiger partial charge >= 0.3 is 0 Å². The summed E-state index contributed by atoms with van der Waals surface area (Å²) in [5.41, 5.74) is 17.8. The third-order valence-corrected chi connectivity index (χ3v) is 14.3. The van der Waals surface area contributed by atoms with Crippen molar-refractivity contribution in [2.45, 2.75) is 5.41 Å². The summed E-state index contributed by atoms with van der Waals surface area (Å²) >= 11 is 0. The first-order valence-electron chi connectivity index (χ1n) is 23.6. The molecular formula is C67H45N. The molecule has 0 fully saturated rings. The van der Waals surface area contributed by atoms with Crippen molar-refractivity contribution in [2.24, 2.45) is 0 Å². The van der Waals surface area contributed by atoms with E-state index in [2.05, 4.69) is 278 Å². The van der Waals surface area contributed by atoms with Gasteiger partial charge in [0.05, 0.1) is 5.41 Å². The van der Waals surface area contributed by atoms with E-state index in [0.29, 0.717) is 0 Å². The number of anilines is 3. The van der Waals surface area contributed by atoms with Crippen LogP contribution in [0.2, 0.25) is 0 Å². The highest BCUT2D eigenvalue weighted by Gasteiger charge is 2.46. The predicted molar refractivity (Wildman–Crippen MR) is 287 cm³/mol. The van der Waals surface area contributed by atoms with Crippen molar-refractivity contribution in [1.82, 2.24) is 0 Å². The van der Waals surface area contributed by atoms with Crippen molar-refractivity contribution in [2.75, 3.05) is 4.90 Å². The van der Waals surface area contributed by atoms with Crippen molar-refractivity contribution in [3.63, 3.8) is 0 Å². The topological polar surface area (TPSA) is 3.24 Å². The van der Waals surface area contributed by atoms with Gasteiger partial charge in [-0.25, -0.2) is 0 Å². The lowest BCUT2D eigenvalue weighted by Crippen LogP contribution is -2.28. The van der Waals surface area contributed by atoms with Crippen molar-refractivity contribution < 1.29 is 0 Å². The standard InChI is InChI=1S/C67H45N/c1-2-21-53(22-3-1)67(54-38-31-46-15-4-5-18-52(46)45-54)64-29-11-10-25-63(64)66-62(28-14-30-65(66)67)51-36-43-57(44-37-51)68(55-39-32-49(33-40-55)60-26-12-19-47-16-6-8-23-58(47)60)56-41-34-50(35-42-56)61-27-13-20-48-17-7-9-24-59(48)61/h1-45H. The Morgan fingerprint density at radius 2 is 0.676 bits per heavy atom. The van der Waals surface area contributed by atoms with Crippen molar-refractivity contribution >= 4 is 49.4 Å². The van der Waals surface area contributed by atoms with Gasteiger partial charge in [-0.2, -0.15) is 0 Å². The quantitative estimate of drug-likeness (QED) is 0.147. The van der Waals surface area contributed by atoms with Crippen LogP contribution in [0.5, 0.6) is 0 Å². The Hall–Kier alpha value is -8.78. The molecular weight excluding hydrogens is 819 g/mol. The molecule has 1 atom stereocenters. The molecule has 12 aromatic rings. The van der Waals surface area contributed by atoms with Gasteiger partial charge in [-0.05, 0) is 142 Å². The lowest BCUT2D eigenvalue weighted by atomic mass is 9.67. The molecule has 0 heterocycles. The Morgan fingerprint density at radius 1 is 0.250 bits per heavy atom. The van der Waals surface area contributed by atoms with Crippen LogP contribution < -0.4 is 4.90 Å². The fourth-order valence-electron chi connectivity index (χ4n) is 11.2. The summed E-state index contributed by atoms with van der Waals surface area (Å²) in [5.74, 6) is 0. The first-order valence-corrected chi connectivity index (χ1v) is 23.6. The zero-order chi connectivity index (χ0) is 45.0. The Morgan fingerprint density at radius 3 is 1.28 bits per heavy atom. The van der Waals surface area contributed by atoms with E-state index in [1.807, 2.05) is 0 Å². The fraction of sp³-hybridized carbons (Fsp3) is 0.0149. The minimum atomic E-state index is -0.500. The number of hydrogen-bond donors (Lipinski definition) is 0. The second kappa shape index (κ2) is 16.3. The zero-order valence-electron chi connectivity index (χ0n) is 37.4. The van der Waals surface area contributed by atoms with E-state index in [-0.39, 0.29) is 0 Å². The average Bonchev–Trinajstić information content (AvgIpc) is 3.73. The van der Waals surface area contributed by atoms with Crippen LogP contribution in [0.1, 0.15) is 22.3 Å². The second-order valence-corrected chi connectivity index (χ2v) is 18.0. The summed E-state index contributed by atoms with van der Waals surface area (Å²) in [7, 11) is 0. The molecule has 12 aromatic carbocycles. The maximum atomic E-state index is 2.41. The fourth-order valence-corrected chi connectivity index (χ4v) is 11.2. The molecule has 0 bridgehead atoms. The Balaban J connectivity index is 0.939. The van der Waals surface area contributed by atoms with Gasteiger partial charge in [0.25, 0.3) is 0 Å². The highest BCUT2D eigenvalue weighted by molar-refractivity contribution is 6.00. The van der Waals surface area contributed by atoms with Crippen LogP contribution in [0, 0.1) is 0 Å². The minimum Gasteiger partial charge on any atom is -0.311 e. The van der Waals surface area contributed by atoms with E-state index in [4.69, 9.17) is 0 Å². The molecule has 1 unspecified atom stereocenters. The van der Waals surface area contributed by atoms with Crippen LogP contribution in [0.15, 0.2) is 273 Å². The molecule has 0 aliphatic heterocycles. The van der Waals surface area contributed by atoms with Gasteiger partial charge in [-0.15, -0.1) is 0 Å². The van der Waals surface area contributed by atoms with Crippen LogP contribution in [-0.4, -0.2) is 0 Å². The van der Waals surface area contributed by atoms with Gasteiger partial charge in [-0.3, -0.25) is 0 Å². The van der Waals surface area contributed by atoms with E-state index in [0.717, 1.165) is 17.1 Å². The Bertz CT molecular complexity index is 3700. The van der Waals surface area contributed by atoms with E-state index in [9.17, 15) is 0 Å². The van der Waals surface area contributed by atoms with Crippen LogP contribution in [0.25, 0.3) is 76.8 Å². The third-order valence-electron chi connectivity index (χ3n) is 14.3. The first kappa shape index (κ1) is 39.6. The Labute approximate surface area is 397 Å². The molecule has 1 aliphatic rings. The van der Waals surface area contributed by atoms with Gasteiger partial charge in [0.15, 0.2) is 0 Å². The van der Waals surface area contributed by atoms with Crippen LogP contribution in [-0.2, 0) is 5.41 Å². The summed E-state index contributed by atoms with van der Waals surface area (Å²) < 4.78 is 0. The van der Waals surface area contributed by atoms with Gasteiger partial charge in [0, 0.05) is 17.1 Å². The zero-order valence-corrected chi connectivity index (χ0v) is 37.4. The number of benzene rings is 12. The van der Waals surface area contributed by atoms with E-state index < -0.39 is 5.41 Å². The highest BCUT2D eigenvalue weighted by atomic mass is 15.1.